The Kier molecular flexibility index (Phi) is 20.4. The van der Waals surface area contributed by atoms with Crippen molar-refractivity contribution in [1.29, 1.82) is 0 Å². The zero-order chi connectivity index (χ0) is 56.1. The molecule has 3 heterocycles. The number of hydrazone groups is 1. The van der Waals surface area contributed by atoms with E-state index < -0.39 is 116 Å². The van der Waals surface area contributed by atoms with E-state index in [9.17, 15) is 15.3 Å². The van der Waals surface area contributed by atoms with Crippen molar-refractivity contribution >= 4 is 20.0 Å². The highest BCUT2D eigenvalue weighted by Gasteiger charge is 2.55. The third-order valence-corrected chi connectivity index (χ3v) is 17.7. The Morgan fingerprint density at radius 1 is 0.750 bits per heavy atom. The summed E-state index contributed by atoms with van der Waals surface area (Å²) in [7, 11) is 5.05. The van der Waals surface area contributed by atoms with Crippen LogP contribution in [-0.4, -0.2) is 153 Å². The molecular formula is C60H93N3O12Si. The van der Waals surface area contributed by atoms with E-state index >= 15 is 4.79 Å². The monoisotopic (exact) mass is 1080 g/mol. The maximum absolute atomic E-state index is 15.0. The van der Waals surface area contributed by atoms with Crippen molar-refractivity contribution in [1.82, 2.24) is 10.3 Å². The second-order valence-corrected chi connectivity index (χ2v) is 28.4. The number of esters is 1. The number of aliphatic hydroxyl groups is 3. The van der Waals surface area contributed by atoms with E-state index in [0.29, 0.717) is 12.1 Å². The van der Waals surface area contributed by atoms with Crippen molar-refractivity contribution in [2.24, 2.45) is 28.8 Å². The van der Waals surface area contributed by atoms with Gasteiger partial charge in [0.2, 0.25) is 0 Å². The summed E-state index contributed by atoms with van der Waals surface area (Å²) < 4.78 is 54.1. The molecule has 16 heteroatoms. The van der Waals surface area contributed by atoms with Crippen LogP contribution in [0.3, 0.4) is 0 Å². The molecule has 0 saturated carbocycles. The van der Waals surface area contributed by atoms with E-state index in [1.54, 1.807) is 28.1 Å². The van der Waals surface area contributed by atoms with Gasteiger partial charge in [0.1, 0.15) is 29.5 Å². The average molecular weight is 1080 g/mol. The van der Waals surface area contributed by atoms with Crippen molar-refractivity contribution < 1.29 is 57.7 Å². The Balaban J connectivity index is 1.59. The van der Waals surface area contributed by atoms with Gasteiger partial charge in [0.25, 0.3) is 0 Å². The largest absolute Gasteiger partial charge is 0.459 e. The molecule has 3 aliphatic rings. The summed E-state index contributed by atoms with van der Waals surface area (Å²) >= 11 is 0. The predicted molar refractivity (Wildman–Crippen MR) is 298 cm³/mol. The molecule has 0 aliphatic carbocycles. The normalized spacial score (nSPS) is 38.1. The number of carbonyl (C=O) groups is 1. The van der Waals surface area contributed by atoms with Crippen LogP contribution >= 0.6 is 0 Å². The number of rotatable bonds is 15. The van der Waals surface area contributed by atoms with Gasteiger partial charge in [-0.25, -0.2) is 0 Å². The summed E-state index contributed by atoms with van der Waals surface area (Å²) in [4.78, 5) is 17.2. The number of likely N-dealkylation sites (N-methyl/N-ethyl adjacent to an activating group) is 1. The molecule has 18 atom stereocenters. The minimum atomic E-state index is -2.25. The van der Waals surface area contributed by atoms with Crippen molar-refractivity contribution in [3.63, 3.8) is 0 Å². The lowest BCUT2D eigenvalue weighted by Crippen LogP contribution is -2.62. The van der Waals surface area contributed by atoms with Crippen LogP contribution in [0.25, 0.3) is 0 Å². The second-order valence-electron chi connectivity index (χ2n) is 23.9. The molecule has 3 aromatic rings. The smallest absolute Gasteiger partial charge is 0.311 e. The van der Waals surface area contributed by atoms with Crippen LogP contribution in [0.5, 0.6) is 0 Å². The highest BCUT2D eigenvalue weighted by molar-refractivity contribution is 6.69. The Morgan fingerprint density at radius 3 is 1.75 bits per heavy atom. The minimum absolute atomic E-state index is 0.0664. The fourth-order valence-corrected chi connectivity index (χ4v) is 13.3. The Hall–Kier alpha value is -3.62. The number of carbonyl (C=O) groups excluding carboxylic acids is 1. The third kappa shape index (κ3) is 13.3. The van der Waals surface area contributed by atoms with Crippen molar-refractivity contribution in [3.8, 4) is 0 Å². The summed E-state index contributed by atoms with van der Waals surface area (Å²) in [6.07, 6.45) is -7.43. The molecule has 0 radical (unpaired) electrons. The maximum Gasteiger partial charge on any atom is 0.311 e. The van der Waals surface area contributed by atoms with Gasteiger partial charge in [-0.05, 0) is 117 Å². The first-order valence-corrected chi connectivity index (χ1v) is 30.9. The van der Waals surface area contributed by atoms with Gasteiger partial charge in [0, 0.05) is 44.2 Å². The highest BCUT2D eigenvalue weighted by Crippen LogP contribution is 2.44. The molecule has 4 N–H and O–H groups in total. The van der Waals surface area contributed by atoms with Crippen LogP contribution in [0.4, 0.5) is 0 Å². The summed E-state index contributed by atoms with van der Waals surface area (Å²) in [5.74, 6) is -3.65. The number of hydrogen-bond donors (Lipinski definition) is 4. The molecule has 0 spiro atoms. The molecular weight excluding hydrogens is 983 g/mol. The zero-order valence-electron chi connectivity index (χ0n) is 48.6. The van der Waals surface area contributed by atoms with Crippen LogP contribution in [0.15, 0.2) is 96.1 Å². The fraction of sp³-hybridized carbons (Fsp3) is 0.667. The first-order chi connectivity index (χ1) is 35.7. The summed E-state index contributed by atoms with van der Waals surface area (Å²) in [6.45, 7) is 25.0. The maximum atomic E-state index is 15.0. The van der Waals surface area contributed by atoms with Crippen molar-refractivity contribution in [2.75, 3.05) is 28.3 Å². The van der Waals surface area contributed by atoms with E-state index in [0.717, 1.165) is 16.7 Å². The fourth-order valence-electron chi connectivity index (χ4n) is 12.2. The molecule has 6 rings (SSSR count). The van der Waals surface area contributed by atoms with Gasteiger partial charge in [0.05, 0.1) is 47.6 Å². The second kappa shape index (κ2) is 25.2. The van der Waals surface area contributed by atoms with Gasteiger partial charge in [-0.3, -0.25) is 10.2 Å². The topological polar surface area (TPSA) is 179 Å². The van der Waals surface area contributed by atoms with E-state index in [1.807, 2.05) is 110 Å². The van der Waals surface area contributed by atoms with Gasteiger partial charge in [-0.2, -0.15) is 5.10 Å². The lowest BCUT2D eigenvalue weighted by atomic mass is 9.73. The van der Waals surface area contributed by atoms with E-state index in [2.05, 4.69) is 73.3 Å². The standard InChI is InChI=1S/C60H93N3O12Si/c1-18-47-59(10,67)52(64)39(4)49(61-62-60(43-28-22-19-23-29-43,44-30-24-20-25-31-44)45-32-26-21-27-33-45)37(2)35-58(9,69-14)54(74-56-51(75-76(15,16)17)46(63(11)12)34-38(3)70-56)40(5)50(41(6)55(66)72-47)73-48-36-57(8,68-13)53(65)42(7)71-48/h19-33,37-42,46-48,50-54,56,62,64-65,67H,18,34-36H2,1-17H3/b61-49-. The quantitative estimate of drug-likeness (QED) is 0.0492. The number of nitrogens with one attached hydrogen (secondary N) is 1. The van der Waals surface area contributed by atoms with Crippen LogP contribution in [0, 0.1) is 23.7 Å². The number of hydrogen-bond acceptors (Lipinski definition) is 15. The number of benzene rings is 3. The number of nitrogens with zero attached hydrogens (tertiary/aromatic N) is 2. The number of aliphatic hydroxyl groups excluding tert-OH is 2. The van der Waals surface area contributed by atoms with Gasteiger partial charge in [-0.1, -0.05) is 119 Å². The molecule has 3 aliphatic heterocycles. The molecule has 3 fully saturated rings. The summed E-state index contributed by atoms with van der Waals surface area (Å²) in [5, 5.41) is 42.1. The molecule has 3 saturated heterocycles. The van der Waals surface area contributed by atoms with Crippen LogP contribution in [0.2, 0.25) is 19.6 Å². The van der Waals surface area contributed by atoms with Gasteiger partial charge in [-0.15, -0.1) is 0 Å². The lowest BCUT2D eigenvalue weighted by molar-refractivity contribution is -0.318. The van der Waals surface area contributed by atoms with Crippen LogP contribution in [0.1, 0.15) is 112 Å². The molecule has 0 bridgehead atoms. The van der Waals surface area contributed by atoms with E-state index in [1.165, 1.54) is 6.92 Å². The number of cyclic esters (lactones) is 1. The molecule has 0 amide bonds. The summed E-state index contributed by atoms with van der Waals surface area (Å²) in [6, 6.07) is 30.4. The Morgan fingerprint density at radius 2 is 1.28 bits per heavy atom. The molecule has 76 heavy (non-hydrogen) atoms. The molecule has 3 aromatic carbocycles. The Labute approximate surface area is 455 Å². The van der Waals surface area contributed by atoms with Gasteiger partial charge in [0.15, 0.2) is 20.9 Å². The molecule has 0 aromatic heterocycles. The molecule has 15 nitrogen and oxygen atoms in total. The number of methoxy groups -OCH3 is 2. The predicted octanol–water partition coefficient (Wildman–Crippen LogP) is 8.67. The van der Waals surface area contributed by atoms with Crippen LogP contribution < -0.4 is 5.43 Å². The first kappa shape index (κ1) is 61.6. The first-order valence-electron chi connectivity index (χ1n) is 27.5. The molecule has 424 valence electrons. The number of ether oxygens (including phenoxy) is 7. The third-order valence-electron chi connectivity index (χ3n) is 16.7. The van der Waals surface area contributed by atoms with E-state index in [4.69, 9.17) is 42.7 Å². The minimum Gasteiger partial charge on any atom is -0.459 e. The average Bonchev–Trinajstić information content (AvgIpc) is 3.39. The van der Waals surface area contributed by atoms with Crippen LogP contribution in [-0.2, 0) is 47.9 Å². The van der Waals surface area contributed by atoms with E-state index in [-0.39, 0.29) is 31.4 Å². The summed E-state index contributed by atoms with van der Waals surface area (Å²) in [5.41, 5.74) is 1.77. The van der Waals surface area contributed by atoms with Gasteiger partial charge >= 0.3 is 5.97 Å². The lowest BCUT2D eigenvalue weighted by Gasteiger charge is -2.51. The van der Waals surface area contributed by atoms with Crippen molar-refractivity contribution in [3.05, 3.63) is 108 Å². The SMILES string of the molecule is CCC1OC(=O)C(C)C(OC2CC(C)(OC)C(O)C(C)O2)C(C)C(OC2OC(C)CC(N(C)C)C2O[Si](C)(C)C)C(C)(OC)CC(C)/C(=N/NC(c2ccccc2)(c2ccccc2)c2ccccc2)C(C)C(O)C1(C)O. The Bertz CT molecular complexity index is 2230. The molecule has 18 unspecified atom stereocenters. The van der Waals surface area contributed by atoms with Gasteiger partial charge < -0.3 is 57.8 Å². The van der Waals surface area contributed by atoms with Crippen molar-refractivity contribution in [2.45, 2.75) is 204 Å². The zero-order valence-corrected chi connectivity index (χ0v) is 49.6. The highest BCUT2D eigenvalue weighted by atomic mass is 28.4.